The second-order valence-electron chi connectivity index (χ2n) is 4.58. The summed E-state index contributed by atoms with van der Waals surface area (Å²) in [5.74, 6) is -1.30. The number of carboxylic acid groups (broad SMARTS) is 1. The molecule has 3 N–H and O–H groups in total. The molecule has 21 heavy (non-hydrogen) atoms. The highest BCUT2D eigenvalue weighted by atomic mass is 16.4. The average Bonchev–Trinajstić information content (AvgIpc) is 2.95. The molecule has 0 saturated carbocycles. The first kappa shape index (κ1) is 12.9. The van der Waals surface area contributed by atoms with Crippen molar-refractivity contribution in [2.24, 2.45) is 0 Å². The van der Waals surface area contributed by atoms with Crippen LogP contribution in [0.3, 0.4) is 0 Å². The molecular weight excluding hydrogens is 268 g/mol. The van der Waals surface area contributed by atoms with Gasteiger partial charge in [-0.25, -0.2) is 4.79 Å². The molecule has 5 heteroatoms. The first-order valence-electron chi connectivity index (χ1n) is 6.36. The Labute approximate surface area is 120 Å². The van der Waals surface area contributed by atoms with Gasteiger partial charge in [0.2, 0.25) is 0 Å². The fourth-order valence-corrected chi connectivity index (χ4v) is 2.21. The lowest BCUT2D eigenvalue weighted by Gasteiger charge is -2.07. The number of benzene rings is 2. The Balaban J connectivity index is 1.91. The molecule has 0 spiro atoms. The molecular formula is C16H12N2O3. The fraction of sp³-hybridized carbons (Fsp3) is 0. The lowest BCUT2D eigenvalue weighted by Crippen LogP contribution is -2.12. The van der Waals surface area contributed by atoms with Crippen molar-refractivity contribution in [2.75, 3.05) is 5.32 Å². The Bertz CT molecular complexity index is 836. The maximum absolute atomic E-state index is 12.3. The molecule has 0 fully saturated rings. The molecule has 3 aromatic rings. The Morgan fingerprint density at radius 1 is 1.05 bits per heavy atom. The molecule has 0 aliphatic heterocycles. The maximum Gasteiger partial charge on any atom is 0.335 e. The molecule has 0 atom stereocenters. The van der Waals surface area contributed by atoms with Crippen molar-refractivity contribution >= 4 is 28.5 Å². The van der Waals surface area contributed by atoms with E-state index in [9.17, 15) is 9.59 Å². The number of carbonyl (C=O) groups excluding carboxylic acids is 1. The number of fused-ring (bicyclic) bond motifs is 1. The Morgan fingerprint density at radius 3 is 2.67 bits per heavy atom. The summed E-state index contributed by atoms with van der Waals surface area (Å²) < 4.78 is 0. The van der Waals surface area contributed by atoms with Crippen LogP contribution >= 0.6 is 0 Å². The quantitative estimate of drug-likeness (QED) is 0.689. The van der Waals surface area contributed by atoms with Crippen LogP contribution in [0, 0.1) is 0 Å². The van der Waals surface area contributed by atoms with Gasteiger partial charge in [-0.1, -0.05) is 12.1 Å². The largest absolute Gasteiger partial charge is 0.478 e. The molecule has 1 heterocycles. The fourth-order valence-electron chi connectivity index (χ4n) is 2.21. The summed E-state index contributed by atoms with van der Waals surface area (Å²) in [6, 6.07) is 13.4. The summed E-state index contributed by atoms with van der Waals surface area (Å²) in [7, 11) is 0. The minimum atomic E-state index is -1.03. The smallest absolute Gasteiger partial charge is 0.335 e. The van der Waals surface area contributed by atoms with Gasteiger partial charge in [0.25, 0.3) is 5.91 Å². The van der Waals surface area contributed by atoms with E-state index in [1.54, 1.807) is 30.5 Å². The summed E-state index contributed by atoms with van der Waals surface area (Å²) in [6.07, 6.45) is 1.77. The maximum atomic E-state index is 12.3. The number of rotatable bonds is 3. The van der Waals surface area contributed by atoms with Crippen LogP contribution in [0.25, 0.3) is 10.9 Å². The van der Waals surface area contributed by atoms with Gasteiger partial charge in [0.15, 0.2) is 0 Å². The lowest BCUT2D eigenvalue weighted by atomic mass is 10.1. The lowest BCUT2D eigenvalue weighted by molar-refractivity contribution is 0.0696. The third-order valence-electron chi connectivity index (χ3n) is 3.21. The average molecular weight is 280 g/mol. The molecule has 0 aliphatic carbocycles. The van der Waals surface area contributed by atoms with E-state index in [0.29, 0.717) is 11.3 Å². The third-order valence-corrected chi connectivity index (χ3v) is 3.21. The van der Waals surface area contributed by atoms with Gasteiger partial charge in [0.05, 0.1) is 5.56 Å². The van der Waals surface area contributed by atoms with Gasteiger partial charge in [-0.05, 0) is 36.4 Å². The van der Waals surface area contributed by atoms with Crippen molar-refractivity contribution in [2.45, 2.75) is 0 Å². The van der Waals surface area contributed by atoms with E-state index in [1.807, 2.05) is 12.1 Å². The molecule has 0 radical (unpaired) electrons. The van der Waals surface area contributed by atoms with Crippen LogP contribution in [-0.2, 0) is 0 Å². The van der Waals surface area contributed by atoms with Gasteiger partial charge < -0.3 is 15.4 Å². The van der Waals surface area contributed by atoms with Crippen molar-refractivity contribution in [1.82, 2.24) is 4.98 Å². The van der Waals surface area contributed by atoms with Crippen LogP contribution in [0.1, 0.15) is 20.7 Å². The van der Waals surface area contributed by atoms with E-state index < -0.39 is 5.97 Å². The highest BCUT2D eigenvalue weighted by Crippen LogP contribution is 2.19. The van der Waals surface area contributed by atoms with E-state index >= 15 is 0 Å². The Kier molecular flexibility index (Phi) is 3.16. The van der Waals surface area contributed by atoms with Gasteiger partial charge in [0.1, 0.15) is 0 Å². The molecule has 0 bridgehead atoms. The Hall–Kier alpha value is -3.08. The topological polar surface area (TPSA) is 82.2 Å². The molecule has 1 amide bonds. The number of carbonyl (C=O) groups is 2. The van der Waals surface area contributed by atoms with E-state index in [0.717, 1.165) is 10.9 Å². The zero-order chi connectivity index (χ0) is 14.8. The van der Waals surface area contributed by atoms with E-state index in [1.165, 1.54) is 12.1 Å². The summed E-state index contributed by atoms with van der Waals surface area (Å²) in [5, 5.41) is 12.5. The number of hydrogen-bond acceptors (Lipinski definition) is 2. The zero-order valence-corrected chi connectivity index (χ0v) is 11.0. The molecule has 2 aromatic carbocycles. The summed E-state index contributed by atoms with van der Waals surface area (Å²) in [5.41, 5.74) is 2.00. The van der Waals surface area contributed by atoms with Gasteiger partial charge in [-0.3, -0.25) is 4.79 Å². The molecule has 1 aromatic heterocycles. The summed E-state index contributed by atoms with van der Waals surface area (Å²) >= 11 is 0. The van der Waals surface area contributed by atoms with Crippen molar-refractivity contribution in [3.63, 3.8) is 0 Å². The standard InChI is InChI=1S/C16H12N2O3/c19-15(13-5-2-6-14-12(13)7-8-17-14)18-11-4-1-3-10(9-11)16(20)21/h1-9,17H,(H,18,19)(H,20,21). The number of nitrogens with one attached hydrogen (secondary N) is 2. The van der Waals surface area contributed by atoms with Crippen molar-refractivity contribution in [3.05, 3.63) is 65.9 Å². The van der Waals surface area contributed by atoms with Gasteiger partial charge in [0, 0.05) is 28.4 Å². The number of aromatic amines is 1. The number of H-pyrrole nitrogens is 1. The van der Waals surface area contributed by atoms with Crippen molar-refractivity contribution < 1.29 is 14.7 Å². The summed E-state index contributed by atoms with van der Waals surface area (Å²) in [4.78, 5) is 26.3. The second kappa shape index (κ2) is 5.13. The highest BCUT2D eigenvalue weighted by Gasteiger charge is 2.11. The first-order valence-corrected chi connectivity index (χ1v) is 6.36. The zero-order valence-electron chi connectivity index (χ0n) is 11.0. The molecule has 0 saturated heterocycles. The van der Waals surface area contributed by atoms with Crippen LogP contribution in [0.5, 0.6) is 0 Å². The molecule has 0 unspecified atom stereocenters. The van der Waals surface area contributed by atoms with Crippen LogP contribution < -0.4 is 5.32 Å². The van der Waals surface area contributed by atoms with Crippen LogP contribution in [0.15, 0.2) is 54.7 Å². The molecule has 0 aliphatic rings. The van der Waals surface area contributed by atoms with Crippen LogP contribution in [-0.4, -0.2) is 22.0 Å². The SMILES string of the molecule is O=C(O)c1cccc(NC(=O)c2cccc3[nH]ccc23)c1. The number of hydrogen-bond donors (Lipinski definition) is 3. The number of carboxylic acids is 1. The number of aromatic nitrogens is 1. The first-order chi connectivity index (χ1) is 10.1. The molecule has 104 valence electrons. The minimum absolute atomic E-state index is 0.132. The predicted octanol–water partition coefficient (Wildman–Crippen LogP) is 3.12. The predicted molar refractivity (Wildman–Crippen MR) is 79.7 cm³/mol. The van der Waals surface area contributed by atoms with Crippen molar-refractivity contribution in [3.8, 4) is 0 Å². The third kappa shape index (κ3) is 2.49. The highest BCUT2D eigenvalue weighted by molar-refractivity contribution is 6.12. The molecule has 3 rings (SSSR count). The summed E-state index contributed by atoms with van der Waals surface area (Å²) in [6.45, 7) is 0. The second-order valence-corrected chi connectivity index (χ2v) is 4.58. The minimum Gasteiger partial charge on any atom is -0.478 e. The van der Waals surface area contributed by atoms with Crippen LogP contribution in [0.2, 0.25) is 0 Å². The molecule has 5 nitrogen and oxygen atoms in total. The van der Waals surface area contributed by atoms with E-state index in [4.69, 9.17) is 5.11 Å². The van der Waals surface area contributed by atoms with Gasteiger partial charge in [-0.2, -0.15) is 0 Å². The van der Waals surface area contributed by atoms with Gasteiger partial charge >= 0.3 is 5.97 Å². The Morgan fingerprint density at radius 2 is 1.86 bits per heavy atom. The number of anilines is 1. The number of aromatic carboxylic acids is 1. The monoisotopic (exact) mass is 280 g/mol. The normalized spacial score (nSPS) is 10.5. The van der Waals surface area contributed by atoms with Crippen molar-refractivity contribution in [1.29, 1.82) is 0 Å². The number of amides is 1. The van der Waals surface area contributed by atoms with E-state index in [-0.39, 0.29) is 11.5 Å². The van der Waals surface area contributed by atoms with E-state index in [2.05, 4.69) is 10.3 Å². The van der Waals surface area contributed by atoms with Gasteiger partial charge in [-0.15, -0.1) is 0 Å². The van der Waals surface area contributed by atoms with Crippen LogP contribution in [0.4, 0.5) is 5.69 Å².